The van der Waals surface area contributed by atoms with E-state index < -0.39 is 0 Å². The molecule has 16 heavy (non-hydrogen) atoms. The third-order valence-electron chi connectivity index (χ3n) is 3.34. The summed E-state index contributed by atoms with van der Waals surface area (Å²) in [5.41, 5.74) is 1.26. The van der Waals surface area contributed by atoms with Crippen LogP contribution >= 0.6 is 0 Å². The minimum atomic E-state index is -0.0798. The molecule has 0 bridgehead atoms. The molecule has 88 valence electrons. The molecule has 0 saturated carbocycles. The van der Waals surface area contributed by atoms with Gasteiger partial charge in [-0.25, -0.2) is 4.98 Å². The maximum atomic E-state index is 11.5. The van der Waals surface area contributed by atoms with Gasteiger partial charge in [0.2, 0.25) is 0 Å². The van der Waals surface area contributed by atoms with Crippen LogP contribution < -0.4 is 0 Å². The molecule has 1 aliphatic rings. The molecular weight excluding hydrogens is 204 g/mol. The Balaban J connectivity index is 2.13. The minimum Gasteiger partial charge on any atom is -0.469 e. The van der Waals surface area contributed by atoms with Gasteiger partial charge in [-0.1, -0.05) is 6.92 Å². The quantitative estimate of drug-likeness (QED) is 0.713. The fourth-order valence-electron chi connectivity index (χ4n) is 2.34. The second-order valence-electron chi connectivity index (χ2n) is 4.22. The van der Waals surface area contributed by atoms with Crippen LogP contribution in [-0.2, 0) is 28.9 Å². The van der Waals surface area contributed by atoms with Crippen LogP contribution in [0.25, 0.3) is 0 Å². The van der Waals surface area contributed by atoms with Gasteiger partial charge in [0.1, 0.15) is 5.82 Å². The third kappa shape index (κ3) is 1.96. The summed E-state index contributed by atoms with van der Waals surface area (Å²) in [5.74, 6) is 1.07. The second-order valence-corrected chi connectivity index (χ2v) is 4.22. The number of nitrogens with zero attached hydrogens (tertiary/aromatic N) is 2. The first-order valence-electron chi connectivity index (χ1n) is 5.87. The van der Waals surface area contributed by atoms with Crippen LogP contribution in [-0.4, -0.2) is 22.6 Å². The SMILES string of the molecule is CCc1cnc2n1CC[C@H](C(=O)OC)CC2. The number of esters is 1. The average molecular weight is 222 g/mol. The maximum Gasteiger partial charge on any atom is 0.308 e. The molecule has 0 amide bonds. The fraction of sp³-hybridized carbons (Fsp3) is 0.667. The Bertz CT molecular complexity index is 384. The Hall–Kier alpha value is -1.32. The van der Waals surface area contributed by atoms with E-state index in [-0.39, 0.29) is 11.9 Å². The van der Waals surface area contributed by atoms with Gasteiger partial charge in [-0.3, -0.25) is 4.79 Å². The normalized spacial score (nSPS) is 20.0. The molecule has 4 heteroatoms. The molecule has 1 aromatic rings. The van der Waals surface area contributed by atoms with Crippen molar-refractivity contribution in [2.45, 2.75) is 39.2 Å². The molecule has 0 unspecified atom stereocenters. The number of carbonyl (C=O) groups excluding carboxylic acids is 1. The van der Waals surface area contributed by atoms with Crippen molar-refractivity contribution in [1.29, 1.82) is 0 Å². The minimum absolute atomic E-state index is 0.0383. The third-order valence-corrected chi connectivity index (χ3v) is 3.34. The lowest BCUT2D eigenvalue weighted by atomic mass is 10.0. The van der Waals surface area contributed by atoms with E-state index in [0.29, 0.717) is 0 Å². The number of carbonyl (C=O) groups is 1. The Labute approximate surface area is 95.6 Å². The van der Waals surface area contributed by atoms with Crippen molar-refractivity contribution in [3.05, 3.63) is 17.7 Å². The van der Waals surface area contributed by atoms with Gasteiger partial charge in [0, 0.05) is 24.9 Å². The highest BCUT2D eigenvalue weighted by Gasteiger charge is 2.24. The average Bonchev–Trinajstić information content (AvgIpc) is 2.59. The lowest BCUT2D eigenvalue weighted by Crippen LogP contribution is -2.16. The maximum absolute atomic E-state index is 11.5. The summed E-state index contributed by atoms with van der Waals surface area (Å²) in [6.45, 7) is 3.02. The van der Waals surface area contributed by atoms with Gasteiger partial charge in [0.15, 0.2) is 0 Å². The summed E-state index contributed by atoms with van der Waals surface area (Å²) in [6, 6.07) is 0. The molecule has 0 radical (unpaired) electrons. The summed E-state index contributed by atoms with van der Waals surface area (Å²) >= 11 is 0. The number of hydrogen-bond acceptors (Lipinski definition) is 3. The number of aryl methyl sites for hydroxylation is 2. The van der Waals surface area contributed by atoms with Crippen molar-refractivity contribution in [1.82, 2.24) is 9.55 Å². The molecule has 2 heterocycles. The summed E-state index contributed by atoms with van der Waals surface area (Å²) in [6.07, 6.45) is 5.54. The van der Waals surface area contributed by atoms with Crippen LogP contribution in [0.3, 0.4) is 0 Å². The molecule has 1 aromatic heterocycles. The van der Waals surface area contributed by atoms with Crippen molar-refractivity contribution >= 4 is 5.97 Å². The standard InChI is InChI=1S/C12H18N2O2/c1-3-10-8-13-11-5-4-9(12(15)16-2)6-7-14(10)11/h8-9H,3-7H2,1-2H3/t9-/m1/s1. The number of aromatic nitrogens is 2. The van der Waals surface area contributed by atoms with Crippen molar-refractivity contribution in [2.24, 2.45) is 5.92 Å². The molecule has 0 N–H and O–H groups in total. The molecule has 0 saturated heterocycles. The van der Waals surface area contributed by atoms with Crippen molar-refractivity contribution < 1.29 is 9.53 Å². The van der Waals surface area contributed by atoms with Gasteiger partial charge in [0.25, 0.3) is 0 Å². The predicted octanol–water partition coefficient (Wildman–Crippen LogP) is 1.57. The molecule has 0 spiro atoms. The van der Waals surface area contributed by atoms with Crippen LogP contribution in [0, 0.1) is 5.92 Å². The molecular formula is C12H18N2O2. The van der Waals surface area contributed by atoms with E-state index in [1.165, 1.54) is 12.8 Å². The zero-order valence-electron chi connectivity index (χ0n) is 9.90. The Kier molecular flexibility index (Phi) is 3.27. The lowest BCUT2D eigenvalue weighted by molar-refractivity contribution is -0.145. The topological polar surface area (TPSA) is 44.1 Å². The van der Waals surface area contributed by atoms with Gasteiger partial charge in [0.05, 0.1) is 13.0 Å². The Morgan fingerprint density at radius 1 is 1.62 bits per heavy atom. The van der Waals surface area contributed by atoms with E-state index in [2.05, 4.69) is 16.5 Å². The first kappa shape index (κ1) is 11.2. The number of methoxy groups -OCH3 is 1. The van der Waals surface area contributed by atoms with Crippen molar-refractivity contribution in [3.63, 3.8) is 0 Å². The summed E-state index contributed by atoms with van der Waals surface area (Å²) in [5, 5.41) is 0. The van der Waals surface area contributed by atoms with E-state index >= 15 is 0 Å². The molecule has 1 aliphatic heterocycles. The first-order chi connectivity index (χ1) is 7.76. The highest BCUT2D eigenvalue weighted by atomic mass is 16.5. The zero-order chi connectivity index (χ0) is 11.5. The van der Waals surface area contributed by atoms with Crippen molar-refractivity contribution in [2.75, 3.05) is 7.11 Å². The highest BCUT2D eigenvalue weighted by Crippen LogP contribution is 2.22. The lowest BCUT2D eigenvalue weighted by Gasteiger charge is -2.11. The van der Waals surface area contributed by atoms with Gasteiger partial charge in [-0.2, -0.15) is 0 Å². The van der Waals surface area contributed by atoms with Crippen LogP contribution in [0.5, 0.6) is 0 Å². The second kappa shape index (κ2) is 4.68. The summed E-state index contributed by atoms with van der Waals surface area (Å²) < 4.78 is 7.06. The molecule has 0 fully saturated rings. The van der Waals surface area contributed by atoms with Gasteiger partial charge in [-0.15, -0.1) is 0 Å². The summed E-state index contributed by atoms with van der Waals surface area (Å²) in [7, 11) is 1.46. The van der Waals surface area contributed by atoms with E-state index in [0.717, 1.165) is 38.1 Å². The van der Waals surface area contributed by atoms with Crippen molar-refractivity contribution in [3.8, 4) is 0 Å². The number of ether oxygens (including phenoxy) is 1. The Morgan fingerprint density at radius 2 is 2.44 bits per heavy atom. The van der Waals surface area contributed by atoms with Gasteiger partial charge in [-0.05, 0) is 19.3 Å². The zero-order valence-corrected chi connectivity index (χ0v) is 9.90. The fourth-order valence-corrected chi connectivity index (χ4v) is 2.34. The number of hydrogen-bond donors (Lipinski definition) is 0. The van der Waals surface area contributed by atoms with Crippen LogP contribution in [0.2, 0.25) is 0 Å². The highest BCUT2D eigenvalue weighted by molar-refractivity contribution is 5.72. The number of imidazole rings is 1. The van der Waals surface area contributed by atoms with Crippen LogP contribution in [0.4, 0.5) is 0 Å². The molecule has 1 atom stereocenters. The first-order valence-corrected chi connectivity index (χ1v) is 5.87. The van der Waals surface area contributed by atoms with Crippen LogP contribution in [0.1, 0.15) is 31.3 Å². The summed E-state index contributed by atoms with van der Waals surface area (Å²) in [4.78, 5) is 15.9. The molecule has 0 aromatic carbocycles. The molecule has 4 nitrogen and oxygen atoms in total. The largest absolute Gasteiger partial charge is 0.469 e. The van der Waals surface area contributed by atoms with E-state index in [1.807, 2.05) is 6.20 Å². The Morgan fingerprint density at radius 3 is 3.12 bits per heavy atom. The van der Waals surface area contributed by atoms with Gasteiger partial charge >= 0.3 is 5.97 Å². The van der Waals surface area contributed by atoms with E-state index in [4.69, 9.17) is 4.74 Å². The molecule has 2 rings (SSSR count). The number of fused-ring (bicyclic) bond motifs is 1. The van der Waals surface area contributed by atoms with E-state index in [1.54, 1.807) is 0 Å². The van der Waals surface area contributed by atoms with Crippen LogP contribution in [0.15, 0.2) is 6.20 Å². The smallest absolute Gasteiger partial charge is 0.308 e. The number of rotatable bonds is 2. The monoisotopic (exact) mass is 222 g/mol. The van der Waals surface area contributed by atoms with E-state index in [9.17, 15) is 4.79 Å². The van der Waals surface area contributed by atoms with Gasteiger partial charge < -0.3 is 9.30 Å². The predicted molar refractivity (Wildman–Crippen MR) is 60.0 cm³/mol. The molecule has 0 aliphatic carbocycles.